The summed E-state index contributed by atoms with van der Waals surface area (Å²) in [7, 11) is 4.12. The van der Waals surface area contributed by atoms with Gasteiger partial charge in [0, 0.05) is 44.0 Å². The van der Waals surface area contributed by atoms with E-state index in [2.05, 4.69) is 112 Å². The number of aromatic amines is 1. The maximum Gasteiger partial charge on any atom is 0.293 e. The van der Waals surface area contributed by atoms with Gasteiger partial charge in [0.15, 0.2) is 24.2 Å². The van der Waals surface area contributed by atoms with Gasteiger partial charge in [-0.1, -0.05) is 46.4 Å². The Morgan fingerprint density at radius 1 is 0.806 bits per heavy atom. The fourth-order valence-corrected chi connectivity index (χ4v) is 4.45. The molecule has 0 radical (unpaired) electrons. The summed E-state index contributed by atoms with van der Waals surface area (Å²) >= 11 is 0. The zero-order chi connectivity index (χ0) is 24.9. The molecule has 0 aliphatic carbocycles. The number of nitrogen functional groups attached to an aromatic ring is 1. The van der Waals surface area contributed by atoms with E-state index in [1.807, 2.05) is 4.57 Å². The Hall–Kier alpha value is -4.26. The highest BCUT2D eigenvalue weighted by molar-refractivity contribution is 5.78. The van der Waals surface area contributed by atoms with Crippen molar-refractivity contribution in [2.45, 2.75) is 32.2 Å². The lowest BCUT2D eigenvalue weighted by molar-refractivity contribution is -0.667. The standard InChI is InChI=1S/C29H32N7/c1-34(2)25-15-17-35(18-16-25)26-13-11-23(12-14-26)6-4-3-5-22-7-9-24(10-8-22)19-36-21-33-28(30)27-29(36)32-20-31-27/h7-18,20-21H,3-6,19H2,1-2H3,(H2,30,31,32)/q+1/p+1. The third-order valence-corrected chi connectivity index (χ3v) is 6.60. The van der Waals surface area contributed by atoms with Crippen LogP contribution in [0, 0.1) is 0 Å². The van der Waals surface area contributed by atoms with Crippen molar-refractivity contribution in [3.05, 3.63) is 102 Å². The van der Waals surface area contributed by atoms with Gasteiger partial charge in [0.05, 0.1) is 6.54 Å². The molecule has 3 heterocycles. The van der Waals surface area contributed by atoms with Gasteiger partial charge in [-0.15, -0.1) is 0 Å². The Kier molecular flexibility index (Phi) is 6.89. The molecule has 0 amide bonds. The number of nitrogens with zero attached hydrogens (tertiary/aromatic N) is 5. The van der Waals surface area contributed by atoms with Gasteiger partial charge in [-0.3, -0.25) is 0 Å². The molecule has 0 aliphatic rings. The lowest BCUT2D eigenvalue weighted by Crippen LogP contribution is -2.36. The predicted molar refractivity (Wildman–Crippen MR) is 143 cm³/mol. The van der Waals surface area contributed by atoms with E-state index < -0.39 is 0 Å². The van der Waals surface area contributed by atoms with Gasteiger partial charge < -0.3 is 15.6 Å². The van der Waals surface area contributed by atoms with Crippen molar-refractivity contribution in [3.63, 3.8) is 0 Å². The smallest absolute Gasteiger partial charge is 0.293 e. The number of hydrogen-bond acceptors (Lipinski definition) is 4. The number of aromatic nitrogens is 5. The summed E-state index contributed by atoms with van der Waals surface area (Å²) in [5.74, 6) is 0.471. The average Bonchev–Trinajstić information content (AvgIpc) is 3.41. The Morgan fingerprint density at radius 2 is 1.42 bits per heavy atom. The summed E-state index contributed by atoms with van der Waals surface area (Å²) in [6, 6.07) is 22.0. The molecule has 0 spiro atoms. The Bertz CT molecular complexity index is 1420. The number of nitrogens with one attached hydrogen (secondary N) is 1. The number of imidazole rings is 1. The van der Waals surface area contributed by atoms with Crippen LogP contribution in [0.4, 0.5) is 11.5 Å². The number of H-pyrrole nitrogens is 1. The van der Waals surface area contributed by atoms with Crippen molar-refractivity contribution in [1.82, 2.24) is 15.0 Å². The van der Waals surface area contributed by atoms with Crippen LogP contribution >= 0.6 is 0 Å². The van der Waals surface area contributed by atoms with Crippen LogP contribution in [-0.2, 0) is 19.4 Å². The molecule has 36 heavy (non-hydrogen) atoms. The van der Waals surface area contributed by atoms with Crippen molar-refractivity contribution in [2.24, 2.45) is 0 Å². The molecule has 0 saturated carbocycles. The molecule has 5 aromatic rings. The molecule has 0 saturated heterocycles. The normalized spacial score (nSPS) is 11.2. The quantitative estimate of drug-likeness (QED) is 0.249. The average molecular weight is 480 g/mol. The van der Waals surface area contributed by atoms with E-state index in [0.29, 0.717) is 12.4 Å². The summed E-state index contributed by atoms with van der Waals surface area (Å²) in [6.45, 7) is 0.711. The first-order chi connectivity index (χ1) is 17.6. The van der Waals surface area contributed by atoms with E-state index >= 15 is 0 Å². The number of nitrogens with two attached hydrogens (primary N) is 1. The second-order valence-electron chi connectivity index (χ2n) is 9.41. The summed E-state index contributed by atoms with van der Waals surface area (Å²) in [5.41, 5.74) is 13.9. The number of hydrogen-bond donors (Lipinski definition) is 2. The molecule has 2 aromatic carbocycles. The number of aryl methyl sites for hydroxylation is 2. The zero-order valence-corrected chi connectivity index (χ0v) is 20.9. The minimum absolute atomic E-state index is 0.471. The molecule has 5 rings (SSSR count). The Morgan fingerprint density at radius 3 is 2.06 bits per heavy atom. The summed E-state index contributed by atoms with van der Waals surface area (Å²) in [6.07, 6.45) is 12.2. The van der Waals surface area contributed by atoms with Crippen LogP contribution in [0.5, 0.6) is 0 Å². The minimum Gasteiger partial charge on any atom is -0.377 e. The lowest BCUT2D eigenvalue weighted by atomic mass is 10.0. The highest BCUT2D eigenvalue weighted by Crippen LogP contribution is 2.14. The fraction of sp³-hybridized carbons (Fsp3) is 0.241. The first-order valence-corrected chi connectivity index (χ1v) is 12.4. The Balaban J connectivity index is 1.10. The van der Waals surface area contributed by atoms with Crippen molar-refractivity contribution in [2.75, 3.05) is 24.7 Å². The summed E-state index contributed by atoms with van der Waals surface area (Å²) in [5, 5.41) is 0. The number of unbranched alkanes of at least 4 members (excludes halogenated alkanes) is 1. The molecule has 0 unspecified atom stereocenters. The van der Waals surface area contributed by atoms with Crippen LogP contribution < -0.4 is 19.8 Å². The maximum absolute atomic E-state index is 5.92. The topological polar surface area (TPSA) is 78.6 Å². The number of pyridine rings is 1. The van der Waals surface area contributed by atoms with E-state index in [1.54, 1.807) is 12.7 Å². The molecule has 0 fully saturated rings. The third kappa shape index (κ3) is 5.35. The molecule has 0 atom stereocenters. The first-order valence-electron chi connectivity index (χ1n) is 12.4. The van der Waals surface area contributed by atoms with E-state index in [1.165, 1.54) is 40.9 Å². The molecule has 182 valence electrons. The molecule has 7 nitrogen and oxygen atoms in total. The Labute approximate surface area is 211 Å². The molecular weight excluding hydrogens is 446 g/mol. The highest BCUT2D eigenvalue weighted by atomic mass is 15.1. The van der Waals surface area contributed by atoms with Crippen LogP contribution in [-0.4, -0.2) is 29.0 Å². The van der Waals surface area contributed by atoms with Gasteiger partial charge in [0.1, 0.15) is 0 Å². The highest BCUT2D eigenvalue weighted by Gasteiger charge is 2.14. The van der Waals surface area contributed by atoms with Crippen molar-refractivity contribution < 1.29 is 9.13 Å². The lowest BCUT2D eigenvalue weighted by Gasteiger charge is -2.10. The van der Waals surface area contributed by atoms with Crippen LogP contribution in [0.25, 0.3) is 16.9 Å². The third-order valence-electron chi connectivity index (χ3n) is 6.60. The van der Waals surface area contributed by atoms with Gasteiger partial charge in [-0.25, -0.2) is 4.57 Å². The molecule has 0 bridgehead atoms. The summed E-state index contributed by atoms with van der Waals surface area (Å²) < 4.78 is 4.17. The number of rotatable bonds is 9. The van der Waals surface area contributed by atoms with E-state index in [0.717, 1.165) is 24.0 Å². The molecule has 3 aromatic heterocycles. The minimum atomic E-state index is 0.471. The molecule has 0 aliphatic heterocycles. The van der Waals surface area contributed by atoms with E-state index in [-0.39, 0.29) is 0 Å². The second-order valence-corrected chi connectivity index (χ2v) is 9.41. The van der Waals surface area contributed by atoms with Gasteiger partial charge in [0.2, 0.25) is 17.8 Å². The first kappa shape index (κ1) is 23.5. The van der Waals surface area contributed by atoms with Gasteiger partial charge in [-0.05, 0) is 42.4 Å². The van der Waals surface area contributed by atoms with Crippen molar-refractivity contribution in [3.8, 4) is 5.69 Å². The van der Waals surface area contributed by atoms with Crippen molar-refractivity contribution >= 4 is 22.7 Å². The van der Waals surface area contributed by atoms with Gasteiger partial charge >= 0.3 is 0 Å². The number of anilines is 2. The van der Waals surface area contributed by atoms with Crippen LogP contribution in [0.3, 0.4) is 0 Å². The van der Waals surface area contributed by atoms with E-state index in [4.69, 9.17) is 5.73 Å². The van der Waals surface area contributed by atoms with Crippen molar-refractivity contribution in [1.29, 1.82) is 0 Å². The van der Waals surface area contributed by atoms with Crippen LogP contribution in [0.1, 0.15) is 29.5 Å². The number of fused-ring (bicyclic) bond motifs is 1. The maximum atomic E-state index is 5.92. The van der Waals surface area contributed by atoms with Gasteiger partial charge in [0.25, 0.3) is 5.65 Å². The van der Waals surface area contributed by atoms with Crippen LogP contribution in [0.15, 0.2) is 85.7 Å². The second kappa shape index (κ2) is 10.6. The van der Waals surface area contributed by atoms with Gasteiger partial charge in [-0.2, -0.15) is 4.57 Å². The fourth-order valence-electron chi connectivity index (χ4n) is 4.45. The molecule has 3 N–H and O–H groups in total. The zero-order valence-electron chi connectivity index (χ0n) is 20.9. The molecule has 7 heteroatoms. The largest absolute Gasteiger partial charge is 0.377 e. The predicted octanol–water partition coefficient (Wildman–Crippen LogP) is 3.78. The van der Waals surface area contributed by atoms with Crippen LogP contribution in [0.2, 0.25) is 0 Å². The SMILES string of the molecule is CN(C)c1cc[n+](-c2ccc(CCCCc3ccc(C[n+]4cnc(N)c5[nH]cnc54)cc3)cc2)cc1. The van der Waals surface area contributed by atoms with E-state index in [9.17, 15) is 0 Å². The molecular formula is C29H33N7+2. The number of benzene rings is 2. The monoisotopic (exact) mass is 479 g/mol. The summed E-state index contributed by atoms with van der Waals surface area (Å²) in [4.78, 5) is 13.8.